The van der Waals surface area contributed by atoms with Gasteiger partial charge in [-0.3, -0.25) is 0 Å². The number of hydrogen-bond acceptors (Lipinski definition) is 5. The van der Waals surface area contributed by atoms with Gasteiger partial charge in [-0.15, -0.1) is 0 Å². The van der Waals surface area contributed by atoms with Crippen LogP contribution >= 0.6 is 0 Å². The highest BCUT2D eigenvalue weighted by atomic mass is 19.4. The summed E-state index contributed by atoms with van der Waals surface area (Å²) in [5.74, 6) is 0.0419. The molecule has 0 aliphatic rings. The zero-order valence-electron chi connectivity index (χ0n) is 14.1. The number of nitrogens with zero attached hydrogens (tertiary/aromatic N) is 5. The van der Waals surface area contributed by atoms with Gasteiger partial charge in [-0.2, -0.15) is 23.5 Å². The van der Waals surface area contributed by atoms with E-state index in [9.17, 15) is 13.2 Å². The monoisotopic (exact) mass is 380 g/mol. The average Bonchev–Trinajstić information content (AvgIpc) is 3.10. The van der Waals surface area contributed by atoms with Crippen LogP contribution in [0.15, 0.2) is 54.7 Å². The zero-order valence-corrected chi connectivity index (χ0v) is 14.1. The maximum absolute atomic E-state index is 13.0. The minimum Gasteiger partial charge on any atom is -0.399 e. The van der Waals surface area contributed by atoms with E-state index < -0.39 is 11.9 Å². The van der Waals surface area contributed by atoms with Crippen LogP contribution in [0.3, 0.4) is 0 Å². The van der Waals surface area contributed by atoms with Gasteiger partial charge in [-0.1, -0.05) is 18.2 Å². The fourth-order valence-electron chi connectivity index (χ4n) is 2.82. The molecular formula is C19H11F3N6. The van der Waals surface area contributed by atoms with E-state index in [2.05, 4.69) is 15.1 Å². The number of nitrogen functional groups attached to an aromatic ring is 1. The molecule has 0 unspecified atom stereocenters. The highest BCUT2D eigenvalue weighted by molar-refractivity contribution is 5.85. The lowest BCUT2D eigenvalue weighted by Crippen LogP contribution is -2.10. The van der Waals surface area contributed by atoms with Crippen molar-refractivity contribution in [1.82, 2.24) is 19.7 Å². The number of benzene rings is 1. The maximum atomic E-state index is 13.0. The highest BCUT2D eigenvalue weighted by Gasteiger charge is 2.32. The number of aromatic nitrogens is 4. The summed E-state index contributed by atoms with van der Waals surface area (Å²) in [5.41, 5.74) is 7.04. The first-order valence-corrected chi connectivity index (χ1v) is 8.05. The molecule has 9 heteroatoms. The van der Waals surface area contributed by atoms with E-state index in [1.807, 2.05) is 6.07 Å². The summed E-state index contributed by atoms with van der Waals surface area (Å²) in [4.78, 5) is 7.90. The van der Waals surface area contributed by atoms with Crippen LogP contribution in [-0.2, 0) is 6.18 Å². The Morgan fingerprint density at radius 1 is 1.04 bits per heavy atom. The summed E-state index contributed by atoms with van der Waals surface area (Å²) >= 11 is 0. The van der Waals surface area contributed by atoms with Crippen molar-refractivity contribution in [3.63, 3.8) is 0 Å². The number of hydrogen-bond donors (Lipinski definition) is 1. The van der Waals surface area contributed by atoms with Crippen molar-refractivity contribution in [2.45, 2.75) is 6.18 Å². The second kappa shape index (κ2) is 6.35. The summed E-state index contributed by atoms with van der Waals surface area (Å²) in [6, 6.07) is 13.9. The molecule has 3 aromatic heterocycles. The molecule has 4 rings (SSSR count). The van der Waals surface area contributed by atoms with E-state index in [1.165, 1.54) is 29.1 Å². The molecule has 0 aliphatic carbocycles. The van der Waals surface area contributed by atoms with Crippen molar-refractivity contribution in [3.05, 3.63) is 66.1 Å². The van der Waals surface area contributed by atoms with E-state index in [0.29, 0.717) is 27.8 Å². The van der Waals surface area contributed by atoms with Crippen LogP contribution in [-0.4, -0.2) is 19.7 Å². The first kappa shape index (κ1) is 17.5. The number of rotatable bonds is 2. The molecule has 0 aliphatic heterocycles. The van der Waals surface area contributed by atoms with Gasteiger partial charge in [0, 0.05) is 16.6 Å². The maximum Gasteiger partial charge on any atom is 0.433 e. The molecule has 0 radical (unpaired) electrons. The van der Waals surface area contributed by atoms with Gasteiger partial charge in [0.2, 0.25) is 0 Å². The van der Waals surface area contributed by atoms with Crippen LogP contribution in [0.25, 0.3) is 28.0 Å². The average molecular weight is 380 g/mol. The SMILES string of the molecule is N#Cc1cc(N)cc(-c2ccc3cnn(-c4cccc(C(F)(F)F)n4)c3c2)n1. The molecule has 0 atom stereocenters. The van der Waals surface area contributed by atoms with E-state index in [4.69, 9.17) is 11.0 Å². The topological polar surface area (TPSA) is 93.4 Å². The lowest BCUT2D eigenvalue weighted by Gasteiger charge is -2.09. The Hall–Kier alpha value is -3.93. The zero-order chi connectivity index (χ0) is 19.9. The van der Waals surface area contributed by atoms with Crippen molar-refractivity contribution in [2.24, 2.45) is 0 Å². The predicted molar refractivity (Wildman–Crippen MR) is 96.2 cm³/mol. The van der Waals surface area contributed by atoms with Crippen LogP contribution in [0.5, 0.6) is 0 Å². The normalized spacial score (nSPS) is 11.5. The smallest absolute Gasteiger partial charge is 0.399 e. The third-order valence-corrected chi connectivity index (χ3v) is 4.07. The Balaban J connectivity index is 1.86. The number of alkyl halides is 3. The Morgan fingerprint density at radius 2 is 1.86 bits per heavy atom. The second-order valence-corrected chi connectivity index (χ2v) is 5.99. The number of nitriles is 1. The van der Waals surface area contributed by atoms with E-state index in [-0.39, 0.29) is 11.5 Å². The first-order chi connectivity index (χ1) is 13.3. The van der Waals surface area contributed by atoms with Crippen molar-refractivity contribution < 1.29 is 13.2 Å². The van der Waals surface area contributed by atoms with Gasteiger partial charge < -0.3 is 5.73 Å². The van der Waals surface area contributed by atoms with Gasteiger partial charge in [-0.25, -0.2) is 14.6 Å². The van der Waals surface area contributed by atoms with Gasteiger partial charge in [0.25, 0.3) is 0 Å². The van der Waals surface area contributed by atoms with Gasteiger partial charge in [0.15, 0.2) is 5.82 Å². The molecule has 6 nitrogen and oxygen atoms in total. The standard InChI is InChI=1S/C19H11F3N6/c20-19(21,22)17-2-1-3-18(27-17)28-16-6-11(4-5-12(16)10-25-28)15-8-13(24)7-14(9-23)26-15/h1-8,10H,(H2,24,26). The molecular weight excluding hydrogens is 369 g/mol. The van der Waals surface area contributed by atoms with Crippen LogP contribution in [0.4, 0.5) is 18.9 Å². The summed E-state index contributed by atoms with van der Waals surface area (Å²) in [6.45, 7) is 0. The van der Waals surface area contributed by atoms with Crippen molar-refractivity contribution >= 4 is 16.6 Å². The molecule has 0 fully saturated rings. The molecule has 0 amide bonds. The fraction of sp³-hybridized carbons (Fsp3) is 0.0526. The Labute approximate surface area is 156 Å². The molecule has 28 heavy (non-hydrogen) atoms. The number of fused-ring (bicyclic) bond motifs is 1. The Morgan fingerprint density at radius 3 is 2.61 bits per heavy atom. The minimum absolute atomic E-state index is 0.0419. The minimum atomic E-state index is -4.55. The summed E-state index contributed by atoms with van der Waals surface area (Å²) in [7, 11) is 0. The lowest BCUT2D eigenvalue weighted by atomic mass is 10.1. The van der Waals surface area contributed by atoms with Crippen LogP contribution < -0.4 is 5.73 Å². The molecule has 0 spiro atoms. The summed E-state index contributed by atoms with van der Waals surface area (Å²) in [5, 5.41) is 14.0. The highest BCUT2D eigenvalue weighted by Crippen LogP contribution is 2.29. The molecule has 2 N–H and O–H groups in total. The summed E-state index contributed by atoms with van der Waals surface area (Å²) in [6.07, 6.45) is -3.02. The largest absolute Gasteiger partial charge is 0.433 e. The second-order valence-electron chi connectivity index (χ2n) is 5.99. The van der Waals surface area contributed by atoms with E-state index in [1.54, 1.807) is 24.3 Å². The molecule has 0 saturated carbocycles. The predicted octanol–water partition coefficient (Wildman–Crippen LogP) is 3.96. The molecule has 3 heterocycles. The fourth-order valence-corrected chi connectivity index (χ4v) is 2.82. The van der Waals surface area contributed by atoms with Crippen LogP contribution in [0.2, 0.25) is 0 Å². The molecule has 1 aromatic carbocycles. The third kappa shape index (κ3) is 3.12. The van der Waals surface area contributed by atoms with Crippen molar-refractivity contribution in [1.29, 1.82) is 5.26 Å². The van der Waals surface area contributed by atoms with E-state index in [0.717, 1.165) is 6.07 Å². The number of halogens is 3. The summed E-state index contributed by atoms with van der Waals surface area (Å²) < 4.78 is 40.3. The van der Waals surface area contributed by atoms with Crippen LogP contribution in [0.1, 0.15) is 11.4 Å². The number of nitrogens with two attached hydrogens (primary N) is 1. The Kier molecular flexibility index (Phi) is 3.96. The number of anilines is 1. The van der Waals surface area contributed by atoms with Crippen LogP contribution in [0, 0.1) is 11.3 Å². The molecule has 4 aromatic rings. The van der Waals surface area contributed by atoms with Gasteiger partial charge >= 0.3 is 6.18 Å². The first-order valence-electron chi connectivity index (χ1n) is 8.05. The molecule has 0 saturated heterocycles. The molecule has 138 valence electrons. The van der Waals surface area contributed by atoms with Gasteiger partial charge in [0.05, 0.1) is 17.4 Å². The lowest BCUT2D eigenvalue weighted by molar-refractivity contribution is -0.141. The van der Waals surface area contributed by atoms with Crippen molar-refractivity contribution in [2.75, 3.05) is 5.73 Å². The number of pyridine rings is 2. The third-order valence-electron chi connectivity index (χ3n) is 4.07. The Bertz CT molecular complexity index is 1240. The van der Waals surface area contributed by atoms with Crippen molar-refractivity contribution in [3.8, 4) is 23.1 Å². The van der Waals surface area contributed by atoms with E-state index >= 15 is 0 Å². The molecule has 0 bridgehead atoms. The van der Waals surface area contributed by atoms with Gasteiger partial charge in [-0.05, 0) is 30.3 Å². The van der Waals surface area contributed by atoms with Gasteiger partial charge in [0.1, 0.15) is 17.5 Å². The quantitative estimate of drug-likeness (QED) is 0.568.